The van der Waals surface area contributed by atoms with Crippen molar-refractivity contribution in [3.63, 3.8) is 0 Å². The largest absolute Gasteiger partial charge is 0.445 e. The molecule has 1 heterocycles. The van der Waals surface area contributed by atoms with E-state index in [-0.39, 0.29) is 18.6 Å². The van der Waals surface area contributed by atoms with E-state index in [0.717, 1.165) is 17.3 Å². The summed E-state index contributed by atoms with van der Waals surface area (Å²) in [7, 11) is 0. The number of alkyl carbamates (subject to hydrolysis) is 1. The Morgan fingerprint density at radius 1 is 1.00 bits per heavy atom. The highest BCUT2D eigenvalue weighted by Gasteiger charge is 2.31. The zero-order chi connectivity index (χ0) is 18.9. The van der Waals surface area contributed by atoms with Gasteiger partial charge in [-0.15, -0.1) is 0 Å². The summed E-state index contributed by atoms with van der Waals surface area (Å²) in [5.41, 5.74) is 1.90. The topological polar surface area (TPSA) is 80.2 Å². The average Bonchev–Trinajstić information content (AvgIpc) is 2.67. The summed E-state index contributed by atoms with van der Waals surface area (Å²) in [6, 6.07) is 18.9. The van der Waals surface area contributed by atoms with Crippen LogP contribution in [0.4, 0.5) is 4.79 Å². The third kappa shape index (κ3) is 5.85. The summed E-state index contributed by atoms with van der Waals surface area (Å²) in [5, 5.41) is 6.42. The number of benzene rings is 2. The van der Waals surface area contributed by atoms with Gasteiger partial charge in [-0.2, -0.15) is 0 Å². The Hall–Kier alpha value is -3.35. The van der Waals surface area contributed by atoms with Gasteiger partial charge in [0.15, 0.2) is 0 Å². The van der Waals surface area contributed by atoms with Crippen molar-refractivity contribution in [1.29, 1.82) is 0 Å². The minimum absolute atomic E-state index is 0.115. The summed E-state index contributed by atoms with van der Waals surface area (Å²) < 4.78 is 5.15. The zero-order valence-corrected chi connectivity index (χ0v) is 14.8. The molecule has 7 heteroatoms. The van der Waals surface area contributed by atoms with Crippen molar-refractivity contribution in [2.75, 3.05) is 13.1 Å². The van der Waals surface area contributed by atoms with Crippen LogP contribution in [0, 0.1) is 0 Å². The Balaban J connectivity index is 1.30. The Morgan fingerprint density at radius 2 is 1.59 bits per heavy atom. The fourth-order valence-corrected chi connectivity index (χ4v) is 2.53. The van der Waals surface area contributed by atoms with Crippen molar-refractivity contribution in [1.82, 2.24) is 10.2 Å². The first kappa shape index (κ1) is 18.4. The molecule has 1 fully saturated rings. The molecule has 0 radical (unpaired) electrons. The normalized spacial score (nSPS) is 13.9. The lowest BCUT2D eigenvalue weighted by molar-refractivity contribution is -0.128. The van der Waals surface area contributed by atoms with Crippen LogP contribution in [0.15, 0.2) is 65.8 Å². The molecule has 0 unspecified atom stereocenters. The number of ether oxygens (including phenoxy) is 1. The molecule has 7 nitrogen and oxygen atoms in total. The van der Waals surface area contributed by atoms with Crippen LogP contribution < -0.4 is 5.32 Å². The molecule has 1 N–H and O–H groups in total. The second-order valence-corrected chi connectivity index (χ2v) is 6.14. The molecule has 2 aromatic carbocycles. The predicted molar refractivity (Wildman–Crippen MR) is 99.9 cm³/mol. The minimum atomic E-state index is -0.490. The van der Waals surface area contributed by atoms with Gasteiger partial charge in [0.2, 0.25) is 0 Å². The van der Waals surface area contributed by atoms with Gasteiger partial charge in [-0.3, -0.25) is 4.79 Å². The Morgan fingerprint density at radius 3 is 2.22 bits per heavy atom. The van der Waals surface area contributed by atoms with E-state index in [4.69, 9.17) is 9.57 Å². The highest BCUT2D eigenvalue weighted by molar-refractivity contribution is 6.26. The van der Waals surface area contributed by atoms with Gasteiger partial charge in [0, 0.05) is 13.1 Å². The number of likely N-dealkylation sites (tertiary alicyclic amines) is 1. The lowest BCUT2D eigenvalue weighted by Gasteiger charge is -2.38. The number of hydrogen-bond donors (Lipinski definition) is 1. The molecule has 1 saturated heterocycles. The van der Waals surface area contributed by atoms with Gasteiger partial charge >= 0.3 is 6.09 Å². The van der Waals surface area contributed by atoms with Crippen LogP contribution in [0.1, 0.15) is 11.1 Å². The predicted octanol–water partition coefficient (Wildman–Crippen LogP) is 2.33. The van der Waals surface area contributed by atoms with E-state index in [1.165, 1.54) is 0 Å². The molecule has 3 rings (SSSR count). The maximum Gasteiger partial charge on any atom is 0.407 e. The van der Waals surface area contributed by atoms with Crippen LogP contribution in [0.25, 0.3) is 0 Å². The van der Waals surface area contributed by atoms with Crippen LogP contribution in [0.5, 0.6) is 0 Å². The Labute approximate surface area is 157 Å². The number of carbonyl (C=O) groups excluding carboxylic acids is 2. The molecule has 0 atom stereocenters. The van der Waals surface area contributed by atoms with Gasteiger partial charge < -0.3 is 19.8 Å². The third-order valence-electron chi connectivity index (χ3n) is 4.04. The van der Waals surface area contributed by atoms with Crippen molar-refractivity contribution in [2.24, 2.45) is 5.16 Å². The SMILES string of the molecule is O=C(NC1CN(C(=O)/C=N/OCc2ccccc2)C1)OCc1ccccc1. The van der Waals surface area contributed by atoms with Gasteiger partial charge in [0.25, 0.3) is 5.91 Å². The number of nitrogens with zero attached hydrogens (tertiary/aromatic N) is 2. The number of oxime groups is 1. The highest BCUT2D eigenvalue weighted by atomic mass is 16.6. The molecule has 1 aliphatic heterocycles. The quantitative estimate of drug-likeness (QED) is 0.602. The average molecular weight is 367 g/mol. The Bertz CT molecular complexity index is 774. The fraction of sp³-hybridized carbons (Fsp3) is 0.250. The first-order valence-electron chi connectivity index (χ1n) is 8.66. The summed E-state index contributed by atoms with van der Waals surface area (Å²) in [6.07, 6.45) is 0.656. The summed E-state index contributed by atoms with van der Waals surface area (Å²) in [4.78, 5) is 30.4. The highest BCUT2D eigenvalue weighted by Crippen LogP contribution is 2.08. The lowest BCUT2D eigenvalue weighted by Crippen LogP contribution is -2.61. The molecular formula is C20H21N3O4. The van der Waals surface area contributed by atoms with E-state index >= 15 is 0 Å². The summed E-state index contributed by atoms with van der Waals surface area (Å²) in [6.45, 7) is 1.36. The van der Waals surface area contributed by atoms with Crippen molar-refractivity contribution >= 4 is 18.2 Å². The molecule has 0 aromatic heterocycles. The molecule has 2 aromatic rings. The van der Waals surface area contributed by atoms with Crippen LogP contribution >= 0.6 is 0 Å². The van der Waals surface area contributed by atoms with E-state index < -0.39 is 6.09 Å². The monoisotopic (exact) mass is 367 g/mol. The van der Waals surface area contributed by atoms with Crippen LogP contribution in [0.3, 0.4) is 0 Å². The van der Waals surface area contributed by atoms with E-state index in [2.05, 4.69) is 10.5 Å². The molecule has 0 bridgehead atoms. The Kier molecular flexibility index (Phi) is 6.40. The number of rotatable bonds is 7. The van der Waals surface area contributed by atoms with Crippen LogP contribution in [-0.4, -0.2) is 42.2 Å². The molecule has 1 aliphatic rings. The molecule has 27 heavy (non-hydrogen) atoms. The van der Waals surface area contributed by atoms with E-state index in [1.54, 1.807) is 4.90 Å². The second kappa shape index (κ2) is 9.38. The van der Waals surface area contributed by atoms with Crippen molar-refractivity contribution in [3.05, 3.63) is 71.8 Å². The van der Waals surface area contributed by atoms with Crippen molar-refractivity contribution < 1.29 is 19.2 Å². The maximum atomic E-state index is 11.9. The number of amides is 2. The third-order valence-corrected chi connectivity index (χ3v) is 4.04. The smallest absolute Gasteiger partial charge is 0.407 e. The standard InChI is InChI=1S/C20H21N3O4/c24-19(11-21-27-15-17-9-5-2-6-10-17)23-12-18(13-23)22-20(25)26-14-16-7-3-1-4-8-16/h1-11,18H,12-15H2,(H,22,25)/b21-11+. The van der Waals surface area contributed by atoms with Gasteiger partial charge in [-0.1, -0.05) is 65.8 Å². The molecule has 0 spiro atoms. The molecular weight excluding hydrogens is 346 g/mol. The molecule has 0 saturated carbocycles. The van der Waals surface area contributed by atoms with Crippen LogP contribution in [0.2, 0.25) is 0 Å². The fourth-order valence-electron chi connectivity index (χ4n) is 2.53. The molecule has 0 aliphatic carbocycles. The number of carbonyl (C=O) groups is 2. The second-order valence-electron chi connectivity index (χ2n) is 6.14. The van der Waals surface area contributed by atoms with Gasteiger partial charge in [-0.25, -0.2) is 4.79 Å². The lowest BCUT2D eigenvalue weighted by atomic mass is 10.1. The van der Waals surface area contributed by atoms with Crippen molar-refractivity contribution in [2.45, 2.75) is 19.3 Å². The summed E-state index contributed by atoms with van der Waals surface area (Å²) in [5.74, 6) is -0.251. The maximum absolute atomic E-state index is 11.9. The van der Waals surface area contributed by atoms with Crippen molar-refractivity contribution in [3.8, 4) is 0 Å². The summed E-state index contributed by atoms with van der Waals surface area (Å²) >= 11 is 0. The van der Waals surface area contributed by atoms with E-state index in [1.807, 2.05) is 60.7 Å². The van der Waals surface area contributed by atoms with Crippen LogP contribution in [-0.2, 0) is 27.6 Å². The van der Waals surface area contributed by atoms with E-state index in [0.29, 0.717) is 19.7 Å². The first-order valence-corrected chi connectivity index (χ1v) is 8.66. The number of nitrogens with one attached hydrogen (secondary N) is 1. The van der Waals surface area contributed by atoms with E-state index in [9.17, 15) is 9.59 Å². The minimum Gasteiger partial charge on any atom is -0.445 e. The zero-order valence-electron chi connectivity index (χ0n) is 14.8. The van der Waals surface area contributed by atoms with Gasteiger partial charge in [0.05, 0.1) is 6.04 Å². The molecule has 140 valence electrons. The van der Waals surface area contributed by atoms with Gasteiger partial charge in [0.1, 0.15) is 19.4 Å². The molecule has 2 amide bonds. The van der Waals surface area contributed by atoms with Gasteiger partial charge in [-0.05, 0) is 11.1 Å². The first-order chi connectivity index (χ1) is 13.2. The number of hydrogen-bond acceptors (Lipinski definition) is 5.